The van der Waals surface area contributed by atoms with Crippen molar-refractivity contribution in [1.82, 2.24) is 10.3 Å². The van der Waals surface area contributed by atoms with Gasteiger partial charge in [0.15, 0.2) is 0 Å². The lowest BCUT2D eigenvalue weighted by Crippen LogP contribution is -2.59. The fourth-order valence-corrected chi connectivity index (χ4v) is 2.59. The zero-order valence-electron chi connectivity index (χ0n) is 12.1. The summed E-state index contributed by atoms with van der Waals surface area (Å²) in [5.41, 5.74) is 0.450. The van der Waals surface area contributed by atoms with Gasteiger partial charge in [-0.25, -0.2) is 4.98 Å². The molecule has 1 aromatic carbocycles. The van der Waals surface area contributed by atoms with E-state index < -0.39 is 0 Å². The van der Waals surface area contributed by atoms with Gasteiger partial charge in [0.1, 0.15) is 11.6 Å². The van der Waals surface area contributed by atoms with Crippen LogP contribution >= 0.6 is 11.6 Å². The molecular formula is C16H16ClN3O2. The fraction of sp³-hybridized carbons (Fsp3) is 0.250. The minimum Gasteiger partial charge on any atom is -0.496 e. The second kappa shape index (κ2) is 6.23. The van der Waals surface area contributed by atoms with Crippen molar-refractivity contribution in [3.8, 4) is 5.75 Å². The van der Waals surface area contributed by atoms with Gasteiger partial charge in [0.05, 0.1) is 18.7 Å². The molecule has 0 radical (unpaired) electrons. The molecule has 5 nitrogen and oxygen atoms in total. The molecule has 2 heterocycles. The Labute approximate surface area is 133 Å². The Hall–Kier alpha value is -2.27. The average Bonchev–Trinajstić information content (AvgIpc) is 2.51. The number of anilines is 1. The van der Waals surface area contributed by atoms with Crippen molar-refractivity contribution in [3.63, 3.8) is 0 Å². The second-order valence-corrected chi connectivity index (χ2v) is 5.54. The SMILES string of the molecule is COc1ccc(Cl)cc1C(=O)NC1CN(c2ccccn2)C1. The number of hydrogen-bond acceptors (Lipinski definition) is 4. The predicted octanol–water partition coefficient (Wildman–Crippen LogP) is 2.36. The number of aromatic nitrogens is 1. The highest BCUT2D eigenvalue weighted by Gasteiger charge is 2.29. The molecule has 6 heteroatoms. The lowest BCUT2D eigenvalue weighted by atomic mass is 10.1. The van der Waals surface area contributed by atoms with Gasteiger partial charge in [0.2, 0.25) is 0 Å². The topological polar surface area (TPSA) is 54.5 Å². The normalized spacial score (nSPS) is 14.4. The number of pyridine rings is 1. The smallest absolute Gasteiger partial charge is 0.255 e. The molecule has 0 bridgehead atoms. The van der Waals surface area contributed by atoms with E-state index in [2.05, 4.69) is 15.2 Å². The van der Waals surface area contributed by atoms with Crippen LogP contribution in [0.15, 0.2) is 42.6 Å². The number of carbonyl (C=O) groups excluding carboxylic acids is 1. The van der Waals surface area contributed by atoms with Gasteiger partial charge < -0.3 is 15.0 Å². The highest BCUT2D eigenvalue weighted by molar-refractivity contribution is 6.31. The van der Waals surface area contributed by atoms with E-state index >= 15 is 0 Å². The van der Waals surface area contributed by atoms with Gasteiger partial charge in [0.25, 0.3) is 5.91 Å². The first-order valence-electron chi connectivity index (χ1n) is 6.98. The summed E-state index contributed by atoms with van der Waals surface area (Å²) in [5, 5.41) is 3.50. The number of nitrogens with zero attached hydrogens (tertiary/aromatic N) is 2. The first-order valence-corrected chi connectivity index (χ1v) is 7.35. The molecule has 2 aromatic rings. The molecule has 1 aliphatic rings. The van der Waals surface area contributed by atoms with Crippen LogP contribution in [-0.4, -0.2) is 37.1 Å². The lowest BCUT2D eigenvalue weighted by molar-refractivity contribution is 0.0927. The number of halogens is 1. The quantitative estimate of drug-likeness (QED) is 0.940. The summed E-state index contributed by atoms with van der Waals surface area (Å²) < 4.78 is 5.21. The summed E-state index contributed by atoms with van der Waals surface area (Å²) in [6.07, 6.45) is 1.76. The van der Waals surface area contributed by atoms with Crippen molar-refractivity contribution in [2.24, 2.45) is 0 Å². The van der Waals surface area contributed by atoms with Crippen molar-refractivity contribution in [1.29, 1.82) is 0 Å². The summed E-state index contributed by atoms with van der Waals surface area (Å²) in [7, 11) is 1.53. The molecule has 0 unspecified atom stereocenters. The van der Waals surface area contributed by atoms with Crippen molar-refractivity contribution in [3.05, 3.63) is 53.2 Å². The molecule has 0 atom stereocenters. The second-order valence-electron chi connectivity index (χ2n) is 5.11. The van der Waals surface area contributed by atoms with Gasteiger partial charge >= 0.3 is 0 Å². The molecule has 3 rings (SSSR count). The lowest BCUT2D eigenvalue weighted by Gasteiger charge is -2.40. The van der Waals surface area contributed by atoms with Crippen LogP contribution in [0.4, 0.5) is 5.82 Å². The summed E-state index contributed by atoms with van der Waals surface area (Å²) in [4.78, 5) is 18.7. The molecule has 1 aliphatic heterocycles. The Morgan fingerprint density at radius 1 is 1.36 bits per heavy atom. The molecule has 0 aliphatic carbocycles. The molecule has 114 valence electrons. The number of rotatable bonds is 4. The number of ether oxygens (including phenoxy) is 1. The third-order valence-electron chi connectivity index (χ3n) is 3.60. The number of carbonyl (C=O) groups is 1. The molecule has 1 aromatic heterocycles. The maximum absolute atomic E-state index is 12.3. The molecule has 0 saturated carbocycles. The van der Waals surface area contributed by atoms with E-state index in [1.54, 1.807) is 24.4 Å². The first kappa shape index (κ1) is 14.7. The number of amides is 1. The van der Waals surface area contributed by atoms with Crippen LogP contribution in [0.1, 0.15) is 10.4 Å². The Morgan fingerprint density at radius 2 is 2.18 bits per heavy atom. The van der Waals surface area contributed by atoms with E-state index in [9.17, 15) is 4.79 Å². The molecule has 1 amide bonds. The minimum atomic E-state index is -0.176. The maximum atomic E-state index is 12.3. The van der Waals surface area contributed by atoms with Crippen LogP contribution in [0.2, 0.25) is 5.02 Å². The third-order valence-corrected chi connectivity index (χ3v) is 3.83. The van der Waals surface area contributed by atoms with Crippen LogP contribution in [0.3, 0.4) is 0 Å². The van der Waals surface area contributed by atoms with E-state index in [1.165, 1.54) is 7.11 Å². The zero-order chi connectivity index (χ0) is 15.5. The number of benzene rings is 1. The molecule has 0 spiro atoms. The summed E-state index contributed by atoms with van der Waals surface area (Å²) in [6, 6.07) is 10.9. The monoisotopic (exact) mass is 317 g/mol. The van der Waals surface area contributed by atoms with E-state index in [4.69, 9.17) is 16.3 Å². The van der Waals surface area contributed by atoms with Crippen molar-refractivity contribution in [2.45, 2.75) is 6.04 Å². The molecule has 22 heavy (non-hydrogen) atoms. The van der Waals surface area contributed by atoms with Gasteiger partial charge in [-0.1, -0.05) is 17.7 Å². The minimum absolute atomic E-state index is 0.0955. The molecule has 1 saturated heterocycles. The first-order chi connectivity index (χ1) is 10.7. The molecule has 1 fully saturated rings. The van der Waals surface area contributed by atoms with Crippen molar-refractivity contribution in [2.75, 3.05) is 25.1 Å². The number of hydrogen-bond donors (Lipinski definition) is 1. The Kier molecular flexibility index (Phi) is 4.15. The highest BCUT2D eigenvalue weighted by Crippen LogP contribution is 2.23. The van der Waals surface area contributed by atoms with Crippen LogP contribution in [0, 0.1) is 0 Å². The number of nitrogens with one attached hydrogen (secondary N) is 1. The summed E-state index contributed by atoms with van der Waals surface area (Å²) in [6.45, 7) is 1.48. The van der Waals surface area contributed by atoms with E-state index in [1.807, 2.05) is 18.2 Å². The van der Waals surface area contributed by atoms with E-state index in [0.29, 0.717) is 16.3 Å². The Morgan fingerprint density at radius 3 is 2.86 bits per heavy atom. The maximum Gasteiger partial charge on any atom is 0.255 e. The highest BCUT2D eigenvalue weighted by atomic mass is 35.5. The summed E-state index contributed by atoms with van der Waals surface area (Å²) >= 11 is 5.95. The zero-order valence-corrected chi connectivity index (χ0v) is 12.9. The van der Waals surface area contributed by atoms with E-state index in [0.717, 1.165) is 18.9 Å². The molecule has 1 N–H and O–H groups in total. The third kappa shape index (κ3) is 2.99. The Bertz CT molecular complexity index is 672. The van der Waals surface area contributed by atoms with Crippen LogP contribution in [0.5, 0.6) is 5.75 Å². The fourth-order valence-electron chi connectivity index (χ4n) is 2.42. The van der Waals surface area contributed by atoms with E-state index in [-0.39, 0.29) is 11.9 Å². The van der Waals surface area contributed by atoms with Crippen LogP contribution < -0.4 is 15.0 Å². The van der Waals surface area contributed by atoms with Gasteiger partial charge in [-0.15, -0.1) is 0 Å². The van der Waals surface area contributed by atoms with Crippen molar-refractivity contribution >= 4 is 23.3 Å². The summed E-state index contributed by atoms with van der Waals surface area (Å²) in [5.74, 6) is 1.26. The van der Waals surface area contributed by atoms with Gasteiger partial charge in [-0.3, -0.25) is 4.79 Å². The predicted molar refractivity (Wildman–Crippen MR) is 85.7 cm³/mol. The van der Waals surface area contributed by atoms with Crippen LogP contribution in [-0.2, 0) is 0 Å². The number of methoxy groups -OCH3 is 1. The average molecular weight is 318 g/mol. The molecular weight excluding hydrogens is 302 g/mol. The van der Waals surface area contributed by atoms with Crippen molar-refractivity contribution < 1.29 is 9.53 Å². The Balaban J connectivity index is 1.61. The van der Waals surface area contributed by atoms with Crippen LogP contribution in [0.25, 0.3) is 0 Å². The van der Waals surface area contributed by atoms with Gasteiger partial charge in [-0.2, -0.15) is 0 Å². The van der Waals surface area contributed by atoms with Gasteiger partial charge in [0, 0.05) is 24.3 Å². The largest absolute Gasteiger partial charge is 0.496 e. The standard InChI is InChI=1S/C16H16ClN3O2/c1-22-14-6-5-11(17)8-13(14)16(21)19-12-9-20(10-12)15-4-2-3-7-18-15/h2-8,12H,9-10H2,1H3,(H,19,21). The van der Waals surface area contributed by atoms with Gasteiger partial charge in [-0.05, 0) is 30.3 Å².